The summed E-state index contributed by atoms with van der Waals surface area (Å²) in [4.78, 5) is 24.7. The standard InChI is InChI=1S/C13H16Cl2N2O3/c1-9(18)17(6-7-20-2)8-12(19)16-13-10(14)4-3-5-11(13)15/h3-5H,6-8H2,1-2H3,(H,16,19). The number of nitrogens with zero attached hydrogens (tertiary/aromatic N) is 1. The third-order valence-corrected chi connectivity index (χ3v) is 3.20. The van der Waals surface area contributed by atoms with Gasteiger partial charge < -0.3 is 15.0 Å². The Morgan fingerprint density at radius 1 is 1.30 bits per heavy atom. The van der Waals surface area contributed by atoms with Crippen molar-refractivity contribution in [2.45, 2.75) is 6.92 Å². The molecule has 5 nitrogen and oxygen atoms in total. The van der Waals surface area contributed by atoms with Crippen molar-refractivity contribution in [3.05, 3.63) is 28.2 Å². The molecule has 0 saturated carbocycles. The average molecular weight is 319 g/mol. The van der Waals surface area contributed by atoms with Gasteiger partial charge in [0.05, 0.1) is 28.9 Å². The van der Waals surface area contributed by atoms with E-state index in [1.165, 1.54) is 18.9 Å². The van der Waals surface area contributed by atoms with E-state index >= 15 is 0 Å². The van der Waals surface area contributed by atoms with Gasteiger partial charge >= 0.3 is 0 Å². The van der Waals surface area contributed by atoms with Gasteiger partial charge in [-0.05, 0) is 12.1 Å². The Morgan fingerprint density at radius 2 is 1.90 bits per heavy atom. The largest absolute Gasteiger partial charge is 0.383 e. The number of para-hydroxylation sites is 1. The van der Waals surface area contributed by atoms with Gasteiger partial charge in [0, 0.05) is 20.6 Å². The summed E-state index contributed by atoms with van der Waals surface area (Å²) in [6.07, 6.45) is 0. The van der Waals surface area contributed by atoms with Crippen LogP contribution >= 0.6 is 23.2 Å². The van der Waals surface area contributed by atoms with Crippen molar-refractivity contribution in [3.8, 4) is 0 Å². The minimum Gasteiger partial charge on any atom is -0.383 e. The Morgan fingerprint density at radius 3 is 2.40 bits per heavy atom. The van der Waals surface area contributed by atoms with E-state index in [0.29, 0.717) is 28.9 Å². The van der Waals surface area contributed by atoms with E-state index in [0.717, 1.165) is 0 Å². The molecule has 110 valence electrons. The summed E-state index contributed by atoms with van der Waals surface area (Å²) in [5.74, 6) is -0.575. The van der Waals surface area contributed by atoms with Crippen LogP contribution in [0.4, 0.5) is 5.69 Å². The van der Waals surface area contributed by atoms with Gasteiger partial charge in [0.1, 0.15) is 0 Å². The Hall–Kier alpha value is -1.30. The van der Waals surface area contributed by atoms with Crippen molar-refractivity contribution in [2.75, 3.05) is 32.1 Å². The topological polar surface area (TPSA) is 58.6 Å². The molecular weight excluding hydrogens is 303 g/mol. The fraction of sp³-hybridized carbons (Fsp3) is 0.385. The highest BCUT2D eigenvalue weighted by Crippen LogP contribution is 2.29. The molecule has 0 aliphatic carbocycles. The molecule has 0 aromatic heterocycles. The minimum atomic E-state index is -0.369. The zero-order valence-electron chi connectivity index (χ0n) is 11.3. The zero-order chi connectivity index (χ0) is 15.1. The van der Waals surface area contributed by atoms with E-state index in [9.17, 15) is 9.59 Å². The number of halogens is 2. The van der Waals surface area contributed by atoms with E-state index in [-0.39, 0.29) is 18.4 Å². The molecule has 0 aliphatic heterocycles. The summed E-state index contributed by atoms with van der Waals surface area (Å²) < 4.78 is 4.89. The summed E-state index contributed by atoms with van der Waals surface area (Å²) in [6.45, 7) is 2.01. The SMILES string of the molecule is COCCN(CC(=O)Nc1c(Cl)cccc1Cl)C(C)=O. The Kier molecular flexibility index (Phi) is 6.78. The summed E-state index contributed by atoms with van der Waals surface area (Å²) in [5, 5.41) is 3.29. The van der Waals surface area contributed by atoms with Crippen molar-refractivity contribution in [1.29, 1.82) is 0 Å². The van der Waals surface area contributed by atoms with Crippen LogP contribution in [0.1, 0.15) is 6.92 Å². The van der Waals surface area contributed by atoms with Gasteiger partial charge in [0.25, 0.3) is 0 Å². The molecular formula is C13H16Cl2N2O3. The van der Waals surface area contributed by atoms with Crippen molar-refractivity contribution in [2.24, 2.45) is 0 Å². The molecule has 20 heavy (non-hydrogen) atoms. The average Bonchev–Trinajstić information content (AvgIpc) is 2.38. The lowest BCUT2D eigenvalue weighted by atomic mass is 10.3. The smallest absolute Gasteiger partial charge is 0.244 e. The molecule has 0 heterocycles. The normalized spacial score (nSPS) is 10.2. The summed E-state index contributed by atoms with van der Waals surface area (Å²) >= 11 is 11.9. The van der Waals surface area contributed by atoms with Gasteiger partial charge in [-0.2, -0.15) is 0 Å². The maximum atomic E-state index is 11.9. The second-order valence-electron chi connectivity index (χ2n) is 4.08. The fourth-order valence-corrected chi connectivity index (χ4v) is 2.01. The first-order valence-corrected chi connectivity index (χ1v) is 6.69. The van der Waals surface area contributed by atoms with Crippen molar-refractivity contribution >= 4 is 40.7 Å². The van der Waals surface area contributed by atoms with Gasteiger partial charge in [0.2, 0.25) is 11.8 Å². The molecule has 0 aliphatic rings. The number of carbonyl (C=O) groups excluding carboxylic acids is 2. The molecule has 0 unspecified atom stereocenters. The molecule has 7 heteroatoms. The van der Waals surface area contributed by atoms with Gasteiger partial charge in [-0.25, -0.2) is 0 Å². The molecule has 0 spiro atoms. The molecule has 0 bridgehead atoms. The highest BCUT2D eigenvalue weighted by atomic mass is 35.5. The molecule has 1 rings (SSSR count). The molecule has 1 aromatic carbocycles. The number of benzene rings is 1. The second-order valence-corrected chi connectivity index (χ2v) is 4.89. The summed E-state index contributed by atoms with van der Waals surface area (Å²) in [5.41, 5.74) is 0.344. The second kappa shape index (κ2) is 8.09. The van der Waals surface area contributed by atoms with Crippen LogP contribution in [0.3, 0.4) is 0 Å². The van der Waals surface area contributed by atoms with Gasteiger partial charge in [0.15, 0.2) is 0 Å². The van der Waals surface area contributed by atoms with E-state index in [4.69, 9.17) is 27.9 Å². The van der Waals surface area contributed by atoms with Crippen molar-refractivity contribution < 1.29 is 14.3 Å². The van der Waals surface area contributed by atoms with Gasteiger partial charge in [-0.1, -0.05) is 29.3 Å². The van der Waals surface area contributed by atoms with E-state index in [1.54, 1.807) is 18.2 Å². The van der Waals surface area contributed by atoms with Crippen molar-refractivity contribution in [3.63, 3.8) is 0 Å². The molecule has 1 N–H and O–H groups in total. The monoisotopic (exact) mass is 318 g/mol. The molecule has 0 saturated heterocycles. The quantitative estimate of drug-likeness (QED) is 0.876. The Bertz CT molecular complexity index is 474. The van der Waals surface area contributed by atoms with Crippen LogP contribution in [-0.4, -0.2) is 43.5 Å². The Balaban J connectivity index is 2.68. The number of nitrogens with one attached hydrogen (secondary N) is 1. The lowest BCUT2D eigenvalue weighted by Crippen LogP contribution is -2.38. The summed E-state index contributed by atoms with van der Waals surface area (Å²) in [7, 11) is 1.53. The first kappa shape index (κ1) is 16.8. The van der Waals surface area contributed by atoms with Crippen LogP contribution < -0.4 is 5.32 Å². The van der Waals surface area contributed by atoms with E-state index in [1.807, 2.05) is 0 Å². The van der Waals surface area contributed by atoms with Crippen LogP contribution in [0.5, 0.6) is 0 Å². The maximum absolute atomic E-state index is 11.9. The molecule has 0 radical (unpaired) electrons. The van der Waals surface area contributed by atoms with Crippen LogP contribution in [0, 0.1) is 0 Å². The predicted octanol–water partition coefficient (Wildman–Crippen LogP) is 2.43. The molecule has 0 atom stereocenters. The molecule has 2 amide bonds. The van der Waals surface area contributed by atoms with Crippen molar-refractivity contribution in [1.82, 2.24) is 4.90 Å². The molecule has 0 fully saturated rings. The van der Waals surface area contributed by atoms with Gasteiger partial charge in [-0.15, -0.1) is 0 Å². The first-order valence-electron chi connectivity index (χ1n) is 5.94. The third kappa shape index (κ3) is 5.00. The van der Waals surface area contributed by atoms with Crippen LogP contribution in [0.2, 0.25) is 10.0 Å². The lowest BCUT2D eigenvalue weighted by Gasteiger charge is -2.20. The summed E-state index contributed by atoms with van der Waals surface area (Å²) in [6, 6.07) is 4.92. The number of rotatable bonds is 6. The molecule has 1 aromatic rings. The van der Waals surface area contributed by atoms with Crippen LogP contribution in [0.25, 0.3) is 0 Å². The van der Waals surface area contributed by atoms with Crippen LogP contribution in [-0.2, 0) is 14.3 Å². The zero-order valence-corrected chi connectivity index (χ0v) is 12.8. The fourth-order valence-electron chi connectivity index (χ4n) is 1.52. The number of carbonyl (C=O) groups is 2. The van der Waals surface area contributed by atoms with Crippen LogP contribution in [0.15, 0.2) is 18.2 Å². The number of ether oxygens (including phenoxy) is 1. The van der Waals surface area contributed by atoms with Gasteiger partial charge in [-0.3, -0.25) is 9.59 Å². The number of hydrogen-bond donors (Lipinski definition) is 1. The van der Waals surface area contributed by atoms with E-state index < -0.39 is 0 Å². The number of amides is 2. The van der Waals surface area contributed by atoms with E-state index in [2.05, 4.69) is 5.32 Å². The highest BCUT2D eigenvalue weighted by molar-refractivity contribution is 6.39. The minimum absolute atomic E-state index is 0.0831. The number of methoxy groups -OCH3 is 1. The third-order valence-electron chi connectivity index (χ3n) is 2.57. The number of hydrogen-bond acceptors (Lipinski definition) is 3. The number of anilines is 1. The lowest BCUT2D eigenvalue weighted by molar-refractivity contribution is -0.133. The predicted molar refractivity (Wildman–Crippen MR) is 79.2 cm³/mol. The maximum Gasteiger partial charge on any atom is 0.244 e. The Labute approximate surface area is 127 Å². The highest BCUT2D eigenvalue weighted by Gasteiger charge is 2.15. The first-order chi connectivity index (χ1) is 9.45.